The molecule has 1 heterocycles. The Bertz CT molecular complexity index is 435. The Morgan fingerprint density at radius 1 is 1.58 bits per heavy atom. The number of carbonyl (C=O) groups is 1. The second-order valence-corrected chi connectivity index (χ2v) is 4.62. The Kier molecular flexibility index (Phi) is 5.57. The van der Waals surface area contributed by atoms with E-state index in [1.54, 1.807) is 0 Å². The Labute approximate surface area is 113 Å². The summed E-state index contributed by atoms with van der Waals surface area (Å²) in [6.45, 7) is 7.27. The molecule has 6 heteroatoms. The summed E-state index contributed by atoms with van der Waals surface area (Å²) in [4.78, 5) is 14.9. The minimum atomic E-state index is -1.04. The molecule has 0 aliphatic rings. The number of nitrogen functional groups attached to an aromatic ring is 1. The van der Waals surface area contributed by atoms with Gasteiger partial charge in [-0.1, -0.05) is 13.8 Å². The molecule has 19 heavy (non-hydrogen) atoms. The normalized spacial score (nSPS) is 12.4. The van der Waals surface area contributed by atoms with Crippen molar-refractivity contribution in [2.45, 2.75) is 26.8 Å². The standard InChI is InChI=1S/C13H21N3O3/c1-4-19-7-11(8(2)3)16-12-10(14)5-9(6-15-12)13(17)18/h5-6,8,11H,4,7,14H2,1-3H3,(H,15,16)(H,17,18). The summed E-state index contributed by atoms with van der Waals surface area (Å²) in [5, 5.41) is 12.0. The molecule has 0 saturated heterocycles. The highest BCUT2D eigenvalue weighted by atomic mass is 16.5. The van der Waals surface area contributed by atoms with Crippen molar-refractivity contribution in [1.29, 1.82) is 0 Å². The van der Waals surface area contributed by atoms with Gasteiger partial charge in [0.15, 0.2) is 0 Å². The van der Waals surface area contributed by atoms with Crippen LogP contribution in [0, 0.1) is 5.92 Å². The van der Waals surface area contributed by atoms with Gasteiger partial charge in [0.25, 0.3) is 0 Å². The molecule has 0 spiro atoms. The smallest absolute Gasteiger partial charge is 0.337 e. The molecule has 106 valence electrons. The zero-order valence-corrected chi connectivity index (χ0v) is 11.5. The Morgan fingerprint density at radius 2 is 2.26 bits per heavy atom. The van der Waals surface area contributed by atoms with Crippen LogP contribution >= 0.6 is 0 Å². The molecule has 0 radical (unpaired) electrons. The van der Waals surface area contributed by atoms with Gasteiger partial charge in [-0.15, -0.1) is 0 Å². The number of nitrogens with zero attached hydrogens (tertiary/aromatic N) is 1. The quantitative estimate of drug-likeness (QED) is 0.697. The van der Waals surface area contributed by atoms with Crippen molar-refractivity contribution >= 4 is 17.5 Å². The van der Waals surface area contributed by atoms with Crippen LogP contribution in [0.4, 0.5) is 11.5 Å². The molecule has 0 fully saturated rings. The zero-order valence-electron chi connectivity index (χ0n) is 11.5. The Hall–Kier alpha value is -1.82. The summed E-state index contributed by atoms with van der Waals surface area (Å²) >= 11 is 0. The third kappa shape index (κ3) is 4.40. The van der Waals surface area contributed by atoms with Crippen LogP contribution in [-0.2, 0) is 4.74 Å². The van der Waals surface area contributed by atoms with Gasteiger partial charge in [0.1, 0.15) is 5.82 Å². The highest BCUT2D eigenvalue weighted by Crippen LogP contribution is 2.19. The number of ether oxygens (including phenoxy) is 1. The molecule has 0 bridgehead atoms. The van der Waals surface area contributed by atoms with Crippen molar-refractivity contribution in [1.82, 2.24) is 4.98 Å². The van der Waals surface area contributed by atoms with Gasteiger partial charge in [0.05, 0.1) is 23.9 Å². The summed E-state index contributed by atoms with van der Waals surface area (Å²) in [6.07, 6.45) is 1.29. The Morgan fingerprint density at radius 3 is 2.74 bits per heavy atom. The van der Waals surface area contributed by atoms with Crippen molar-refractivity contribution in [3.8, 4) is 0 Å². The maximum Gasteiger partial charge on any atom is 0.337 e. The second kappa shape index (κ2) is 6.94. The number of nitrogens with one attached hydrogen (secondary N) is 1. The molecule has 1 rings (SSSR count). The Balaban J connectivity index is 2.81. The molecule has 4 N–H and O–H groups in total. The van der Waals surface area contributed by atoms with Crippen LogP contribution in [0.5, 0.6) is 0 Å². The summed E-state index contributed by atoms with van der Waals surface area (Å²) in [7, 11) is 0. The molecule has 1 atom stereocenters. The fraction of sp³-hybridized carbons (Fsp3) is 0.538. The van der Waals surface area contributed by atoms with Crippen molar-refractivity contribution in [3.63, 3.8) is 0 Å². The predicted molar refractivity (Wildman–Crippen MR) is 74.4 cm³/mol. The van der Waals surface area contributed by atoms with Gasteiger partial charge in [0.2, 0.25) is 0 Å². The van der Waals surface area contributed by atoms with Crippen LogP contribution in [0.25, 0.3) is 0 Å². The van der Waals surface area contributed by atoms with Gasteiger partial charge < -0.3 is 20.9 Å². The van der Waals surface area contributed by atoms with Gasteiger partial charge in [-0.25, -0.2) is 9.78 Å². The van der Waals surface area contributed by atoms with E-state index in [0.29, 0.717) is 30.6 Å². The minimum Gasteiger partial charge on any atom is -0.478 e. The monoisotopic (exact) mass is 267 g/mol. The van der Waals surface area contributed by atoms with Crippen LogP contribution < -0.4 is 11.1 Å². The van der Waals surface area contributed by atoms with Crippen LogP contribution in [0.1, 0.15) is 31.1 Å². The van der Waals surface area contributed by atoms with E-state index in [4.69, 9.17) is 15.6 Å². The number of rotatable bonds is 7. The number of nitrogens with two attached hydrogens (primary N) is 1. The number of carboxylic acids is 1. The highest BCUT2D eigenvalue weighted by molar-refractivity contribution is 5.89. The summed E-state index contributed by atoms with van der Waals surface area (Å²) in [5.41, 5.74) is 6.21. The topological polar surface area (TPSA) is 97.5 Å². The average Bonchev–Trinajstić information content (AvgIpc) is 2.35. The van der Waals surface area contributed by atoms with Gasteiger partial charge in [-0.3, -0.25) is 0 Å². The second-order valence-electron chi connectivity index (χ2n) is 4.62. The largest absolute Gasteiger partial charge is 0.478 e. The number of hydrogen-bond donors (Lipinski definition) is 3. The molecule has 6 nitrogen and oxygen atoms in total. The molecule has 0 aromatic carbocycles. The number of hydrogen-bond acceptors (Lipinski definition) is 5. The van der Waals surface area contributed by atoms with E-state index >= 15 is 0 Å². The van der Waals surface area contributed by atoms with Crippen LogP contribution in [0.15, 0.2) is 12.3 Å². The third-order valence-electron chi connectivity index (χ3n) is 2.79. The molecule has 1 aromatic rings. The molecule has 0 amide bonds. The SMILES string of the molecule is CCOCC(Nc1ncc(C(=O)O)cc1N)C(C)C. The first-order chi connectivity index (χ1) is 8.95. The van der Waals surface area contributed by atoms with E-state index in [-0.39, 0.29) is 11.6 Å². The number of aromatic nitrogens is 1. The number of pyridine rings is 1. The molecular weight excluding hydrogens is 246 g/mol. The molecule has 0 saturated carbocycles. The first-order valence-electron chi connectivity index (χ1n) is 6.28. The minimum absolute atomic E-state index is 0.0745. The molecule has 1 unspecified atom stereocenters. The van der Waals surface area contributed by atoms with E-state index in [1.165, 1.54) is 12.3 Å². The van der Waals surface area contributed by atoms with E-state index in [9.17, 15) is 4.79 Å². The van der Waals surface area contributed by atoms with E-state index in [1.807, 2.05) is 6.92 Å². The number of aromatic carboxylic acids is 1. The molecule has 1 aromatic heterocycles. The predicted octanol–water partition coefficient (Wildman–Crippen LogP) is 1.83. The molecule has 0 aliphatic heterocycles. The molecule has 0 aliphatic carbocycles. The van der Waals surface area contributed by atoms with Crippen LogP contribution in [0.3, 0.4) is 0 Å². The fourth-order valence-electron chi connectivity index (χ4n) is 1.54. The van der Waals surface area contributed by atoms with Crippen molar-refractivity contribution in [2.24, 2.45) is 5.92 Å². The summed E-state index contributed by atoms with van der Waals surface area (Å²) < 4.78 is 5.41. The maximum absolute atomic E-state index is 10.8. The van der Waals surface area contributed by atoms with Crippen molar-refractivity contribution in [3.05, 3.63) is 17.8 Å². The van der Waals surface area contributed by atoms with E-state index in [0.717, 1.165) is 0 Å². The lowest BCUT2D eigenvalue weighted by Crippen LogP contribution is -2.31. The van der Waals surface area contributed by atoms with Gasteiger partial charge >= 0.3 is 5.97 Å². The van der Waals surface area contributed by atoms with E-state index < -0.39 is 5.97 Å². The molecular formula is C13H21N3O3. The fourth-order valence-corrected chi connectivity index (χ4v) is 1.54. The maximum atomic E-state index is 10.8. The lowest BCUT2D eigenvalue weighted by molar-refractivity contribution is 0.0696. The first-order valence-corrected chi connectivity index (χ1v) is 6.28. The van der Waals surface area contributed by atoms with Crippen molar-refractivity contribution < 1.29 is 14.6 Å². The highest BCUT2D eigenvalue weighted by Gasteiger charge is 2.16. The lowest BCUT2D eigenvalue weighted by atomic mass is 10.1. The lowest BCUT2D eigenvalue weighted by Gasteiger charge is -2.23. The summed E-state index contributed by atoms with van der Waals surface area (Å²) in [5.74, 6) is -0.212. The number of carboxylic acid groups (broad SMARTS) is 1. The van der Waals surface area contributed by atoms with Gasteiger partial charge in [-0.05, 0) is 18.9 Å². The average molecular weight is 267 g/mol. The van der Waals surface area contributed by atoms with E-state index in [2.05, 4.69) is 24.1 Å². The van der Waals surface area contributed by atoms with Gasteiger partial charge in [0, 0.05) is 12.8 Å². The first kappa shape index (κ1) is 15.2. The zero-order chi connectivity index (χ0) is 14.4. The van der Waals surface area contributed by atoms with Crippen LogP contribution in [-0.4, -0.2) is 35.3 Å². The van der Waals surface area contributed by atoms with Crippen LogP contribution in [0.2, 0.25) is 0 Å². The summed E-state index contributed by atoms with van der Waals surface area (Å²) in [6, 6.07) is 1.47. The third-order valence-corrected chi connectivity index (χ3v) is 2.79. The van der Waals surface area contributed by atoms with Crippen molar-refractivity contribution in [2.75, 3.05) is 24.3 Å². The number of anilines is 2. The van der Waals surface area contributed by atoms with Gasteiger partial charge in [-0.2, -0.15) is 0 Å².